The summed E-state index contributed by atoms with van der Waals surface area (Å²) >= 11 is 1.67. The number of likely N-dealkylation sites (tertiary alicyclic amines) is 1. The van der Waals surface area contributed by atoms with Crippen molar-refractivity contribution in [3.05, 3.63) is 24.3 Å². The Labute approximate surface area is 111 Å². The number of nitrogens with one attached hydrogen (secondary N) is 1. The molecule has 2 rings (SSSR count). The van der Waals surface area contributed by atoms with E-state index in [2.05, 4.69) is 5.32 Å². The number of thioether (sulfide) groups is 1. The second kappa shape index (κ2) is 6.11. The number of urea groups is 1. The van der Waals surface area contributed by atoms with E-state index in [0.717, 1.165) is 25.1 Å². The lowest BCUT2D eigenvalue weighted by Gasteiger charge is -2.23. The zero-order valence-electron chi connectivity index (χ0n) is 10.4. The third-order valence-corrected chi connectivity index (χ3v) is 3.93. The molecule has 1 aliphatic rings. The smallest absolute Gasteiger partial charge is 0.322 e. The van der Waals surface area contributed by atoms with Crippen LogP contribution in [0.5, 0.6) is 0 Å². The minimum atomic E-state index is -0.122. The highest BCUT2D eigenvalue weighted by molar-refractivity contribution is 7.98. The second-order valence-electron chi connectivity index (χ2n) is 4.33. The SMILES string of the molecule is CSc1ccc(NC(=O)N2CCC[C@H]2CO)cc1. The second-order valence-corrected chi connectivity index (χ2v) is 5.21. The molecular formula is C13H18N2O2S. The van der Waals surface area contributed by atoms with Crippen molar-refractivity contribution in [1.82, 2.24) is 4.90 Å². The largest absolute Gasteiger partial charge is 0.394 e. The Kier molecular flexibility index (Phi) is 4.49. The number of aliphatic hydroxyl groups excluding tert-OH is 1. The van der Waals surface area contributed by atoms with Crippen LogP contribution in [0.3, 0.4) is 0 Å². The first-order chi connectivity index (χ1) is 8.74. The Balaban J connectivity index is 1.97. The van der Waals surface area contributed by atoms with Crippen molar-refractivity contribution in [2.24, 2.45) is 0 Å². The third-order valence-electron chi connectivity index (χ3n) is 3.19. The number of hydrogen-bond donors (Lipinski definition) is 2. The molecule has 4 nitrogen and oxygen atoms in total. The highest BCUT2D eigenvalue weighted by Crippen LogP contribution is 2.20. The number of amides is 2. The predicted octanol–water partition coefficient (Wildman–Crippen LogP) is 2.40. The molecule has 1 heterocycles. The van der Waals surface area contributed by atoms with Crippen LogP contribution in [0.1, 0.15) is 12.8 Å². The molecule has 0 aliphatic carbocycles. The summed E-state index contributed by atoms with van der Waals surface area (Å²) in [5.41, 5.74) is 0.793. The summed E-state index contributed by atoms with van der Waals surface area (Å²) in [4.78, 5) is 14.9. The normalized spacial score (nSPS) is 19.0. The van der Waals surface area contributed by atoms with E-state index in [4.69, 9.17) is 0 Å². The highest BCUT2D eigenvalue weighted by atomic mass is 32.2. The van der Waals surface area contributed by atoms with Gasteiger partial charge in [0.25, 0.3) is 0 Å². The van der Waals surface area contributed by atoms with Gasteiger partial charge in [-0.3, -0.25) is 0 Å². The first-order valence-corrected chi connectivity index (χ1v) is 7.29. The van der Waals surface area contributed by atoms with Crippen LogP contribution < -0.4 is 5.32 Å². The third kappa shape index (κ3) is 2.97. The lowest BCUT2D eigenvalue weighted by Crippen LogP contribution is -2.40. The zero-order valence-corrected chi connectivity index (χ0v) is 11.2. The van der Waals surface area contributed by atoms with Crippen LogP contribution >= 0.6 is 11.8 Å². The summed E-state index contributed by atoms with van der Waals surface area (Å²) in [6, 6.07) is 7.60. The van der Waals surface area contributed by atoms with Gasteiger partial charge in [0.2, 0.25) is 0 Å². The van der Waals surface area contributed by atoms with Gasteiger partial charge in [0.15, 0.2) is 0 Å². The molecule has 1 saturated heterocycles. The first-order valence-electron chi connectivity index (χ1n) is 6.07. The predicted molar refractivity (Wildman–Crippen MR) is 74.1 cm³/mol. The van der Waals surface area contributed by atoms with Crippen molar-refractivity contribution >= 4 is 23.5 Å². The molecule has 1 aliphatic heterocycles. The molecular weight excluding hydrogens is 248 g/mol. The topological polar surface area (TPSA) is 52.6 Å². The summed E-state index contributed by atoms with van der Waals surface area (Å²) in [6.45, 7) is 0.763. The molecule has 2 amide bonds. The van der Waals surface area contributed by atoms with Crippen LogP contribution in [0.25, 0.3) is 0 Å². The minimum absolute atomic E-state index is 0.0320. The van der Waals surface area contributed by atoms with E-state index in [1.165, 1.54) is 4.90 Å². The van der Waals surface area contributed by atoms with Gasteiger partial charge in [0.1, 0.15) is 0 Å². The lowest BCUT2D eigenvalue weighted by atomic mass is 10.2. The van der Waals surface area contributed by atoms with Crippen LogP contribution in [0.2, 0.25) is 0 Å². The molecule has 1 atom stereocenters. The van der Waals surface area contributed by atoms with Crippen LogP contribution in [-0.4, -0.2) is 41.5 Å². The van der Waals surface area contributed by atoms with Gasteiger partial charge >= 0.3 is 6.03 Å². The molecule has 0 spiro atoms. The van der Waals surface area contributed by atoms with E-state index in [0.29, 0.717) is 0 Å². The Morgan fingerprint density at radius 1 is 1.50 bits per heavy atom. The summed E-state index contributed by atoms with van der Waals surface area (Å²) < 4.78 is 0. The monoisotopic (exact) mass is 266 g/mol. The molecule has 1 fully saturated rings. The summed E-state index contributed by atoms with van der Waals surface area (Å²) in [5, 5.41) is 12.1. The molecule has 18 heavy (non-hydrogen) atoms. The molecule has 5 heteroatoms. The number of hydrogen-bond acceptors (Lipinski definition) is 3. The summed E-state index contributed by atoms with van der Waals surface area (Å²) in [5.74, 6) is 0. The molecule has 0 bridgehead atoms. The molecule has 0 unspecified atom stereocenters. The number of nitrogens with zero attached hydrogens (tertiary/aromatic N) is 1. The van der Waals surface area contributed by atoms with Crippen molar-refractivity contribution < 1.29 is 9.90 Å². The Bertz CT molecular complexity index is 408. The van der Waals surface area contributed by atoms with Gasteiger partial charge in [0.05, 0.1) is 12.6 Å². The van der Waals surface area contributed by atoms with Crippen molar-refractivity contribution in [1.29, 1.82) is 0 Å². The average Bonchev–Trinajstić information content (AvgIpc) is 2.88. The van der Waals surface area contributed by atoms with Crippen LogP contribution in [0, 0.1) is 0 Å². The number of carbonyl (C=O) groups is 1. The van der Waals surface area contributed by atoms with Crippen molar-refractivity contribution in [2.45, 2.75) is 23.8 Å². The van der Waals surface area contributed by atoms with Gasteiger partial charge in [-0.05, 0) is 43.4 Å². The van der Waals surface area contributed by atoms with Crippen LogP contribution in [-0.2, 0) is 0 Å². The van der Waals surface area contributed by atoms with Gasteiger partial charge in [0, 0.05) is 17.1 Å². The number of rotatable bonds is 3. The van der Waals surface area contributed by atoms with E-state index in [-0.39, 0.29) is 18.7 Å². The van der Waals surface area contributed by atoms with Crippen LogP contribution in [0.4, 0.5) is 10.5 Å². The van der Waals surface area contributed by atoms with Gasteiger partial charge in [-0.2, -0.15) is 0 Å². The first kappa shape index (κ1) is 13.2. The molecule has 2 N–H and O–H groups in total. The average molecular weight is 266 g/mol. The number of carbonyl (C=O) groups excluding carboxylic acids is 1. The van der Waals surface area contributed by atoms with E-state index in [1.54, 1.807) is 16.7 Å². The van der Waals surface area contributed by atoms with E-state index < -0.39 is 0 Å². The van der Waals surface area contributed by atoms with Gasteiger partial charge in [-0.15, -0.1) is 11.8 Å². The summed E-state index contributed by atoms with van der Waals surface area (Å²) in [7, 11) is 0. The van der Waals surface area contributed by atoms with Crippen molar-refractivity contribution in [3.63, 3.8) is 0 Å². The van der Waals surface area contributed by atoms with Gasteiger partial charge in [-0.1, -0.05) is 0 Å². The molecule has 1 aromatic carbocycles. The van der Waals surface area contributed by atoms with E-state index in [9.17, 15) is 9.90 Å². The fourth-order valence-electron chi connectivity index (χ4n) is 2.16. The van der Waals surface area contributed by atoms with E-state index in [1.807, 2.05) is 30.5 Å². The quantitative estimate of drug-likeness (QED) is 0.826. The maximum absolute atomic E-state index is 12.0. The maximum atomic E-state index is 12.0. The minimum Gasteiger partial charge on any atom is -0.394 e. The van der Waals surface area contributed by atoms with Gasteiger partial charge in [-0.25, -0.2) is 4.79 Å². The number of benzene rings is 1. The molecule has 98 valence electrons. The molecule has 0 aromatic heterocycles. The van der Waals surface area contributed by atoms with Crippen LogP contribution in [0.15, 0.2) is 29.2 Å². The number of anilines is 1. The fourth-order valence-corrected chi connectivity index (χ4v) is 2.57. The lowest BCUT2D eigenvalue weighted by molar-refractivity contribution is 0.166. The Hall–Kier alpha value is -1.20. The fraction of sp³-hybridized carbons (Fsp3) is 0.462. The Morgan fingerprint density at radius 3 is 2.83 bits per heavy atom. The summed E-state index contributed by atoms with van der Waals surface area (Å²) in [6.07, 6.45) is 3.86. The highest BCUT2D eigenvalue weighted by Gasteiger charge is 2.27. The molecule has 0 saturated carbocycles. The maximum Gasteiger partial charge on any atom is 0.322 e. The molecule has 1 aromatic rings. The van der Waals surface area contributed by atoms with Gasteiger partial charge < -0.3 is 15.3 Å². The van der Waals surface area contributed by atoms with Crippen molar-refractivity contribution in [2.75, 3.05) is 24.7 Å². The van der Waals surface area contributed by atoms with E-state index >= 15 is 0 Å². The number of aliphatic hydroxyl groups is 1. The Morgan fingerprint density at radius 2 is 2.22 bits per heavy atom. The van der Waals surface area contributed by atoms with Crippen molar-refractivity contribution in [3.8, 4) is 0 Å². The zero-order chi connectivity index (χ0) is 13.0. The molecule has 0 radical (unpaired) electrons. The standard InChI is InChI=1S/C13H18N2O2S/c1-18-12-6-4-10(5-7-12)14-13(17)15-8-2-3-11(15)9-16/h4-7,11,16H,2-3,8-9H2,1H3,(H,14,17)/t11-/m0/s1.